The number of aliphatic hydroxyl groups is 1. The van der Waals surface area contributed by atoms with Crippen LogP contribution in [0, 0.1) is 29.1 Å². The average molecular weight is 1980 g/mol. The molecule has 6 aromatic carbocycles. The summed E-state index contributed by atoms with van der Waals surface area (Å²) in [6.07, 6.45) is 23.7. The topological polar surface area (TPSA) is 260 Å². The van der Waals surface area contributed by atoms with Gasteiger partial charge in [0.2, 0.25) is 5.91 Å². The second-order valence-electron chi connectivity index (χ2n) is 26.4. The van der Waals surface area contributed by atoms with Gasteiger partial charge < -0.3 is 48.8 Å². The molecule has 609 valence electrons. The van der Waals surface area contributed by atoms with E-state index < -0.39 is 5.54 Å². The molecule has 0 saturated heterocycles. The van der Waals surface area contributed by atoms with Gasteiger partial charge in [0.25, 0.3) is 0 Å². The third-order valence-corrected chi connectivity index (χ3v) is 18.8. The number of nitriles is 1. The Balaban J connectivity index is 0.000000343. The standard InChI is InChI=1S/C29H34N6O4.C25H26BrN5O2.C24H22N6O.9Co/c1-29(2,28(37)30-9-10-36)35-18-20(15-32-35)27-16-31-25-8-7-21(13-26(25)33-27)34(17-19-5-6-19)22-11-23(38-3)14-24(12-22)39-4;1-32-21-9-20(10-22(12-21)33-2)31(15-17-3-4-17)19-5-6-23-24(11-19)29-25(14-27-23)18-13-28-30(16-18)8-7-26;1-29-15-18(12-27-29)24-13-26-22-6-5-19(10-23(22)28-24)30(14-16-3-4-16)20-7-17(11-25)8-21(9-20)31-2;;;;;;;;;/h7-8,11-16,18-19,36H,5-6,9-10,17H2,1-4H3,(H,30,37);5-6,9-14,16-17H,3-4,7-8,15H2,1-2H3;5-10,12-13,15-16H,3-4,14H2,1-2H3;;;;;;;;;. The summed E-state index contributed by atoms with van der Waals surface area (Å²) < 4.78 is 32.8. The van der Waals surface area contributed by atoms with Crippen LogP contribution in [0.5, 0.6) is 28.7 Å². The van der Waals surface area contributed by atoms with E-state index in [1.807, 2.05) is 91.1 Å². The van der Waals surface area contributed by atoms with Crippen LogP contribution in [0.15, 0.2) is 165 Å². The fraction of sp³-hybridized carbons (Fsp3) is 0.321. The van der Waals surface area contributed by atoms with Gasteiger partial charge in [-0.1, -0.05) is 15.9 Å². The van der Waals surface area contributed by atoms with Gasteiger partial charge in [-0.25, -0.2) is 15.0 Å². The first-order chi connectivity index (χ1) is 50.1. The molecule has 0 unspecified atom stereocenters. The Bertz CT molecular complexity index is 5040. The Morgan fingerprint density at radius 3 is 1.21 bits per heavy atom. The predicted molar refractivity (Wildman–Crippen MR) is 402 cm³/mol. The van der Waals surface area contributed by atoms with E-state index in [9.17, 15) is 10.1 Å². The van der Waals surface area contributed by atoms with E-state index in [4.69, 9.17) is 43.7 Å². The maximum absolute atomic E-state index is 12.6. The molecule has 15 rings (SSSR count). The number of hydrogen-bond acceptors (Lipinski definition) is 20. The summed E-state index contributed by atoms with van der Waals surface area (Å²) in [6.45, 7) is 7.14. The van der Waals surface area contributed by atoms with Crippen molar-refractivity contribution in [2.45, 2.75) is 64.5 Å². The first kappa shape index (κ1) is 97.7. The minimum atomic E-state index is -0.939. The molecule has 1 amide bonds. The first-order valence-electron chi connectivity index (χ1n) is 34.3. The molecule has 24 nitrogen and oxygen atoms in total. The number of aromatic nitrogens is 12. The van der Waals surface area contributed by atoms with Gasteiger partial charge in [0.05, 0.1) is 148 Å². The Labute approximate surface area is 752 Å². The largest absolute Gasteiger partial charge is 0.497 e. The molecule has 3 fully saturated rings. The summed E-state index contributed by atoms with van der Waals surface area (Å²) in [5.74, 6) is 5.44. The molecule has 34 heteroatoms. The Morgan fingerprint density at radius 1 is 0.491 bits per heavy atom. The Morgan fingerprint density at radius 2 is 0.857 bits per heavy atom. The van der Waals surface area contributed by atoms with E-state index in [0.29, 0.717) is 34.8 Å². The third-order valence-electron chi connectivity index (χ3n) is 18.4. The van der Waals surface area contributed by atoms with Gasteiger partial charge in [0.15, 0.2) is 0 Å². The van der Waals surface area contributed by atoms with Gasteiger partial charge in [0, 0.05) is 301 Å². The van der Waals surface area contributed by atoms with Crippen molar-refractivity contribution in [2.24, 2.45) is 24.8 Å². The second-order valence-corrected chi connectivity index (χ2v) is 27.2. The SMILES string of the molecule is COc1cc(C#N)cc(N(CC2CC2)c2ccc3ncc(-c4cnn(C)c4)nc3c2)c1.COc1cc(OC)cc(N(CC2CC2)c2ccc3ncc(-c4cnn(C(C)(C)C(=O)NCCO)c4)nc3c2)c1.COc1cc(OC)cc(N(CC2CC2)c2ccc3ncc(-c4cnn(CCBr)c4)nc3c2)c1.[Co].[Co].[Co].[Co].[Co].[Co].[Co].[Co].[Co]. The number of aryl methyl sites for hydroxylation is 2. The van der Waals surface area contributed by atoms with E-state index in [0.717, 1.165) is 150 Å². The molecule has 112 heavy (non-hydrogen) atoms. The van der Waals surface area contributed by atoms with Crippen molar-refractivity contribution in [3.8, 4) is 68.6 Å². The molecule has 2 N–H and O–H groups in total. The van der Waals surface area contributed by atoms with E-state index in [1.54, 1.807) is 95.8 Å². The third kappa shape index (κ3) is 24.5. The molecule has 0 aliphatic heterocycles. The monoisotopic (exact) mass is 1980 g/mol. The first-order valence-corrected chi connectivity index (χ1v) is 35.4. The minimum absolute atomic E-state index is 0. The van der Waals surface area contributed by atoms with Crippen molar-refractivity contribution in [1.29, 1.82) is 5.26 Å². The van der Waals surface area contributed by atoms with E-state index in [2.05, 4.69) is 121 Å². The van der Waals surface area contributed by atoms with Crippen LogP contribution >= 0.6 is 15.9 Å². The second kappa shape index (κ2) is 45.0. The maximum atomic E-state index is 12.6. The summed E-state index contributed by atoms with van der Waals surface area (Å²) in [6, 6.07) is 38.3. The number of nitrogens with one attached hydrogen (secondary N) is 1. The zero-order chi connectivity index (χ0) is 71.7. The molecule has 6 heterocycles. The van der Waals surface area contributed by atoms with Crippen molar-refractivity contribution in [2.75, 3.05) is 88.4 Å². The number of amides is 1. The fourth-order valence-corrected chi connectivity index (χ4v) is 12.4. The van der Waals surface area contributed by atoms with Crippen LogP contribution in [0.2, 0.25) is 0 Å². The molecule has 3 saturated carbocycles. The predicted octanol–water partition coefficient (Wildman–Crippen LogP) is 13.8. The average Bonchev–Trinajstić information content (AvgIpc) is 1.81. The van der Waals surface area contributed by atoms with Gasteiger partial charge in [-0.3, -0.25) is 33.8 Å². The van der Waals surface area contributed by atoms with Crippen molar-refractivity contribution < 1.29 is 185 Å². The zero-order valence-electron chi connectivity index (χ0n) is 61.9. The van der Waals surface area contributed by atoms with Crippen molar-refractivity contribution >= 4 is 89.1 Å². The van der Waals surface area contributed by atoms with Crippen LogP contribution in [-0.4, -0.2) is 144 Å². The van der Waals surface area contributed by atoms with Crippen molar-refractivity contribution in [1.82, 2.24) is 64.6 Å². The van der Waals surface area contributed by atoms with Crippen LogP contribution in [0.1, 0.15) is 57.9 Å². The number of methoxy groups -OCH3 is 5. The number of aliphatic hydroxyl groups excluding tert-OH is 1. The molecular formula is C78H82BrCo9N17O7. The summed E-state index contributed by atoms with van der Waals surface area (Å²) in [5, 5.41) is 35.1. The van der Waals surface area contributed by atoms with E-state index >= 15 is 0 Å². The molecule has 3 aliphatic rings. The van der Waals surface area contributed by atoms with Crippen LogP contribution < -0.4 is 43.7 Å². The number of carbonyl (C=O) groups is 1. The van der Waals surface area contributed by atoms with Crippen LogP contribution in [-0.2, 0) is 175 Å². The minimum Gasteiger partial charge on any atom is -0.497 e. The smallest absolute Gasteiger partial charge is 0.247 e. The van der Waals surface area contributed by atoms with Crippen LogP contribution in [0.4, 0.5) is 34.1 Å². The quantitative estimate of drug-likeness (QED) is 0.0477. The molecule has 3 aliphatic carbocycles. The van der Waals surface area contributed by atoms with Gasteiger partial charge in [-0.2, -0.15) is 20.6 Å². The number of fused-ring (bicyclic) bond motifs is 3. The number of hydrogen-bond donors (Lipinski definition) is 2. The molecule has 0 spiro atoms. The Kier molecular flexibility index (Phi) is 39.3. The number of ether oxygens (including phenoxy) is 5. The number of alkyl halides is 1. The fourth-order valence-electron chi connectivity index (χ4n) is 12.0. The summed E-state index contributed by atoms with van der Waals surface area (Å²) >= 11 is 3.45. The summed E-state index contributed by atoms with van der Waals surface area (Å²) in [5.41, 5.74) is 15.6. The normalized spacial score (nSPS) is 12.2. The van der Waals surface area contributed by atoms with Gasteiger partial charge in [-0.05, 0) is 137 Å². The van der Waals surface area contributed by atoms with Gasteiger partial charge >= 0.3 is 0 Å². The maximum Gasteiger partial charge on any atom is 0.247 e. The van der Waals surface area contributed by atoms with E-state index in [1.165, 1.54) is 38.5 Å². The molecule has 0 bridgehead atoms. The Hall–Kier alpha value is -6.67. The zero-order valence-corrected chi connectivity index (χ0v) is 72.9. The molecule has 9 radical (unpaired) electrons. The number of halogens is 1. The number of anilines is 6. The van der Waals surface area contributed by atoms with E-state index in [-0.39, 0.29) is 170 Å². The van der Waals surface area contributed by atoms with Crippen LogP contribution in [0.25, 0.3) is 66.9 Å². The van der Waals surface area contributed by atoms with Gasteiger partial charge in [-0.15, -0.1) is 0 Å². The summed E-state index contributed by atoms with van der Waals surface area (Å²) in [7, 11) is 10.2. The number of rotatable bonds is 26. The molecule has 0 atom stereocenters. The number of nitrogens with zero attached hydrogens (tertiary/aromatic N) is 16. The number of carbonyl (C=O) groups excluding carboxylic acids is 1. The van der Waals surface area contributed by atoms with Gasteiger partial charge in [0.1, 0.15) is 34.3 Å². The van der Waals surface area contributed by atoms with Crippen molar-refractivity contribution in [3.05, 3.63) is 171 Å². The number of benzene rings is 6. The molecule has 6 aromatic heterocycles. The molecule has 12 aromatic rings. The molecular weight excluding hydrogens is 1900 g/mol. The van der Waals surface area contributed by atoms with Crippen molar-refractivity contribution in [3.63, 3.8) is 0 Å². The summed E-state index contributed by atoms with van der Waals surface area (Å²) in [4.78, 5) is 48.0. The van der Waals surface area contributed by atoms with Crippen LogP contribution in [0.3, 0.4) is 0 Å².